The van der Waals surface area contributed by atoms with Crippen molar-refractivity contribution in [1.29, 1.82) is 0 Å². The molecule has 0 fully saturated rings. The molecule has 2 unspecified atom stereocenters. The van der Waals surface area contributed by atoms with Crippen LogP contribution in [-0.2, 0) is 33.4 Å². The van der Waals surface area contributed by atoms with Crippen LogP contribution in [0.2, 0.25) is 0 Å². The standard InChI is InChI=1S/C36H46N3O7PS/c1-3-46-34(42)25-37-35(43)31(26-48)39-33(41)23-22-30(36(44)45-2)38-32(40)21-13-14-24-47(27-15-7-4-8-16-27,28-17-9-5-10-18-28)29-19-11-6-12-20-29/h4-12,15-20,30-31,47-48H,3,13-14,21-26H2,1-2H3,(H,37,43)(H,38,40)(H,39,41). The van der Waals surface area contributed by atoms with E-state index in [0.717, 1.165) is 12.6 Å². The van der Waals surface area contributed by atoms with Crippen molar-refractivity contribution in [3.63, 3.8) is 0 Å². The Morgan fingerprint density at radius 2 is 1.23 bits per heavy atom. The predicted molar refractivity (Wildman–Crippen MR) is 194 cm³/mol. The van der Waals surface area contributed by atoms with E-state index in [9.17, 15) is 24.0 Å². The number of rotatable bonds is 19. The minimum atomic E-state index is -2.42. The third-order valence-electron chi connectivity index (χ3n) is 8.03. The molecule has 0 saturated carbocycles. The molecule has 3 aromatic rings. The Kier molecular flexibility index (Phi) is 16.1. The van der Waals surface area contributed by atoms with Crippen molar-refractivity contribution in [3.8, 4) is 0 Å². The molecule has 0 aromatic heterocycles. The van der Waals surface area contributed by atoms with Crippen LogP contribution in [0.15, 0.2) is 91.0 Å². The normalized spacial score (nSPS) is 12.6. The van der Waals surface area contributed by atoms with Gasteiger partial charge in [0.25, 0.3) is 0 Å². The maximum atomic E-state index is 13.0. The van der Waals surface area contributed by atoms with Crippen LogP contribution < -0.4 is 31.9 Å². The number of amides is 3. The van der Waals surface area contributed by atoms with Gasteiger partial charge < -0.3 is 10.1 Å². The van der Waals surface area contributed by atoms with Crippen molar-refractivity contribution in [2.75, 3.05) is 32.2 Å². The van der Waals surface area contributed by atoms with Gasteiger partial charge in [-0.2, -0.15) is 12.6 Å². The molecule has 0 aliphatic heterocycles. The molecule has 48 heavy (non-hydrogen) atoms. The van der Waals surface area contributed by atoms with Gasteiger partial charge in [-0.15, -0.1) is 0 Å². The number of hydrogen-bond donors (Lipinski definition) is 4. The van der Waals surface area contributed by atoms with E-state index in [0.29, 0.717) is 6.42 Å². The van der Waals surface area contributed by atoms with E-state index < -0.39 is 43.1 Å². The van der Waals surface area contributed by atoms with Gasteiger partial charge in [0.05, 0.1) is 6.61 Å². The number of unbranched alkanes of at least 4 members (excludes halogenated alkanes) is 1. The summed E-state index contributed by atoms with van der Waals surface area (Å²) in [6.45, 7) is 1.49. The summed E-state index contributed by atoms with van der Waals surface area (Å²) in [7, 11) is -1.21. The molecule has 12 heteroatoms. The molecular weight excluding hydrogens is 649 g/mol. The van der Waals surface area contributed by atoms with E-state index in [1.54, 1.807) is 6.92 Å². The van der Waals surface area contributed by atoms with Crippen LogP contribution in [0.5, 0.6) is 0 Å². The summed E-state index contributed by atoms with van der Waals surface area (Å²) in [5.74, 6) is -2.71. The zero-order chi connectivity index (χ0) is 34.8. The first-order valence-corrected chi connectivity index (χ1v) is 19.0. The molecule has 0 aliphatic carbocycles. The van der Waals surface area contributed by atoms with E-state index in [4.69, 9.17) is 9.47 Å². The summed E-state index contributed by atoms with van der Waals surface area (Å²) in [4.78, 5) is 62.1. The molecular formula is C36H46N3O7PS. The van der Waals surface area contributed by atoms with E-state index in [-0.39, 0.29) is 44.1 Å². The fraction of sp³-hybridized carbons (Fsp3) is 0.361. The minimum absolute atomic E-state index is 0.0134. The van der Waals surface area contributed by atoms with E-state index in [1.165, 1.54) is 23.0 Å². The Bertz CT molecular complexity index is 1380. The number of carbonyl (C=O) groups excluding carboxylic acids is 5. The van der Waals surface area contributed by atoms with Crippen molar-refractivity contribution in [2.45, 2.75) is 51.1 Å². The van der Waals surface area contributed by atoms with Gasteiger partial charge in [-0.3, -0.25) is 9.59 Å². The van der Waals surface area contributed by atoms with Gasteiger partial charge in [0, 0.05) is 5.75 Å². The molecule has 3 aromatic carbocycles. The zero-order valence-corrected chi connectivity index (χ0v) is 29.4. The maximum absolute atomic E-state index is 13.0. The molecule has 0 saturated heterocycles. The first-order valence-electron chi connectivity index (χ1n) is 16.1. The van der Waals surface area contributed by atoms with Crippen LogP contribution in [0.3, 0.4) is 0 Å². The molecule has 0 heterocycles. The van der Waals surface area contributed by atoms with Gasteiger partial charge in [-0.25, -0.2) is 0 Å². The van der Waals surface area contributed by atoms with Crippen molar-refractivity contribution >= 4 is 65.5 Å². The molecule has 2 atom stereocenters. The van der Waals surface area contributed by atoms with Gasteiger partial charge in [-0.05, 0) is 6.92 Å². The number of esters is 2. The van der Waals surface area contributed by atoms with Crippen molar-refractivity contribution < 1.29 is 33.4 Å². The Labute approximate surface area is 288 Å². The van der Waals surface area contributed by atoms with Gasteiger partial charge >= 0.3 is 225 Å². The molecule has 0 spiro atoms. The van der Waals surface area contributed by atoms with Crippen molar-refractivity contribution in [1.82, 2.24) is 16.0 Å². The number of ether oxygens (including phenoxy) is 2. The average Bonchev–Trinajstić information content (AvgIpc) is 3.12. The van der Waals surface area contributed by atoms with Gasteiger partial charge in [-0.1, -0.05) is 0 Å². The van der Waals surface area contributed by atoms with Crippen LogP contribution in [-0.4, -0.2) is 73.9 Å². The summed E-state index contributed by atoms with van der Waals surface area (Å²) in [5, 5.41) is 11.6. The monoisotopic (exact) mass is 695 g/mol. The van der Waals surface area contributed by atoms with Gasteiger partial charge in [0.15, 0.2) is 0 Å². The van der Waals surface area contributed by atoms with Gasteiger partial charge in [0.1, 0.15) is 6.54 Å². The van der Waals surface area contributed by atoms with Crippen LogP contribution in [0.25, 0.3) is 0 Å². The summed E-state index contributed by atoms with van der Waals surface area (Å²) >= 11 is 4.12. The molecule has 258 valence electrons. The first kappa shape index (κ1) is 38.2. The predicted octanol–water partition coefficient (Wildman–Crippen LogP) is 2.42. The number of methoxy groups -OCH3 is 1. The Morgan fingerprint density at radius 1 is 0.729 bits per heavy atom. The molecule has 3 amide bonds. The van der Waals surface area contributed by atoms with Crippen LogP contribution in [0.4, 0.5) is 0 Å². The van der Waals surface area contributed by atoms with Crippen molar-refractivity contribution in [3.05, 3.63) is 91.0 Å². The Hall–Kier alpha value is -4.21. The second-order valence-electron chi connectivity index (χ2n) is 11.2. The molecule has 10 nitrogen and oxygen atoms in total. The first-order chi connectivity index (χ1) is 23.2. The molecule has 0 radical (unpaired) electrons. The Balaban J connectivity index is 1.60. The van der Waals surface area contributed by atoms with Crippen LogP contribution in [0.1, 0.15) is 39.0 Å². The topological polar surface area (TPSA) is 140 Å². The number of carbonyl (C=O) groups is 5. The SMILES string of the molecule is CCOC(=O)CNC(=O)C(CS)NC(=O)CCC(NC(=O)CCCC[PH](c1ccccc1)(c1ccccc1)c1ccccc1)C(=O)OC. The molecule has 3 rings (SSSR count). The summed E-state index contributed by atoms with van der Waals surface area (Å²) in [5.41, 5.74) is 0. The van der Waals surface area contributed by atoms with E-state index >= 15 is 0 Å². The molecule has 0 bridgehead atoms. The second kappa shape index (κ2) is 20.2. The third kappa shape index (κ3) is 11.2. The third-order valence-corrected chi connectivity index (χ3v) is 13.5. The zero-order valence-electron chi connectivity index (χ0n) is 27.5. The van der Waals surface area contributed by atoms with Crippen LogP contribution in [0, 0.1) is 0 Å². The summed E-state index contributed by atoms with van der Waals surface area (Å²) in [6.07, 6.45) is 2.29. The van der Waals surface area contributed by atoms with Crippen molar-refractivity contribution in [2.24, 2.45) is 0 Å². The number of thiol groups is 1. The summed E-state index contributed by atoms with van der Waals surface area (Å²) in [6, 6.07) is 29.7. The second-order valence-corrected chi connectivity index (χ2v) is 15.6. The number of benzene rings is 3. The fourth-order valence-electron chi connectivity index (χ4n) is 5.66. The van der Waals surface area contributed by atoms with E-state index in [1.807, 2.05) is 18.2 Å². The molecule has 3 N–H and O–H groups in total. The fourth-order valence-corrected chi connectivity index (χ4v) is 10.9. The van der Waals surface area contributed by atoms with E-state index in [2.05, 4.69) is 101 Å². The Morgan fingerprint density at radius 3 is 1.71 bits per heavy atom. The quantitative estimate of drug-likeness (QED) is 0.0654. The number of nitrogens with one attached hydrogen (secondary N) is 3. The average molecular weight is 696 g/mol. The molecule has 0 aliphatic rings. The van der Waals surface area contributed by atoms with Gasteiger partial charge in [0.2, 0.25) is 5.91 Å². The van der Waals surface area contributed by atoms with Crippen LogP contribution >= 0.6 is 19.9 Å². The summed E-state index contributed by atoms with van der Waals surface area (Å²) < 4.78 is 9.66. The number of hydrogen-bond acceptors (Lipinski definition) is 8.